The summed E-state index contributed by atoms with van der Waals surface area (Å²) >= 11 is 0. The van der Waals surface area contributed by atoms with Crippen LogP contribution in [0.2, 0.25) is 0 Å². The van der Waals surface area contributed by atoms with E-state index in [0.717, 1.165) is 49.6 Å². The van der Waals surface area contributed by atoms with E-state index < -0.39 is 0 Å². The molecule has 130 valence electrons. The topological polar surface area (TPSA) is 95.9 Å². The Morgan fingerprint density at radius 2 is 2.08 bits per heavy atom. The number of piperidine rings is 1. The third kappa shape index (κ3) is 3.24. The SMILES string of the molecule is Cc1nc(NC2CCN(c3cnccn3)CC2)c2c(n1)C(=O)NCC2. The van der Waals surface area contributed by atoms with Crippen LogP contribution in [0.4, 0.5) is 11.6 Å². The molecule has 1 amide bonds. The van der Waals surface area contributed by atoms with E-state index >= 15 is 0 Å². The zero-order chi connectivity index (χ0) is 17.2. The smallest absolute Gasteiger partial charge is 0.270 e. The number of amides is 1. The van der Waals surface area contributed by atoms with Gasteiger partial charge in [-0.05, 0) is 26.2 Å². The molecule has 0 radical (unpaired) electrons. The number of nitrogens with one attached hydrogen (secondary N) is 2. The van der Waals surface area contributed by atoms with Crippen molar-refractivity contribution in [2.75, 3.05) is 29.9 Å². The molecule has 1 saturated heterocycles. The molecule has 2 aromatic rings. The highest BCUT2D eigenvalue weighted by atomic mass is 16.1. The number of fused-ring (bicyclic) bond motifs is 1. The van der Waals surface area contributed by atoms with Crippen molar-refractivity contribution in [3.8, 4) is 0 Å². The molecule has 0 atom stereocenters. The Kier molecular flexibility index (Phi) is 4.17. The van der Waals surface area contributed by atoms with E-state index in [1.54, 1.807) is 18.6 Å². The highest BCUT2D eigenvalue weighted by Crippen LogP contribution is 2.24. The second-order valence-corrected chi connectivity index (χ2v) is 6.42. The van der Waals surface area contributed by atoms with Gasteiger partial charge in [0.25, 0.3) is 5.91 Å². The molecular weight excluding hydrogens is 318 g/mol. The molecule has 2 aliphatic heterocycles. The van der Waals surface area contributed by atoms with E-state index in [1.165, 1.54) is 0 Å². The summed E-state index contributed by atoms with van der Waals surface area (Å²) in [6.45, 7) is 4.30. The average molecular weight is 339 g/mol. The molecule has 0 aromatic carbocycles. The standard InChI is InChI=1S/C17H21N7O/c1-11-21-15-13(2-5-20-17(15)25)16(22-11)23-12-3-8-24(9-4-12)14-10-18-6-7-19-14/h6-7,10,12H,2-5,8-9H2,1H3,(H,20,25)(H,21,22,23). The van der Waals surface area contributed by atoms with Crippen molar-refractivity contribution in [3.05, 3.63) is 35.7 Å². The Morgan fingerprint density at radius 3 is 2.84 bits per heavy atom. The summed E-state index contributed by atoms with van der Waals surface area (Å²) in [5.41, 5.74) is 1.45. The van der Waals surface area contributed by atoms with Gasteiger partial charge in [-0.2, -0.15) is 0 Å². The fourth-order valence-electron chi connectivity index (χ4n) is 3.43. The molecule has 2 N–H and O–H groups in total. The lowest BCUT2D eigenvalue weighted by Gasteiger charge is -2.33. The number of hydrogen-bond acceptors (Lipinski definition) is 7. The number of rotatable bonds is 3. The molecule has 2 aromatic heterocycles. The molecule has 1 fully saturated rings. The molecule has 0 saturated carbocycles. The summed E-state index contributed by atoms with van der Waals surface area (Å²) in [4.78, 5) is 31.7. The van der Waals surface area contributed by atoms with Crippen LogP contribution in [-0.2, 0) is 6.42 Å². The molecule has 8 nitrogen and oxygen atoms in total. The van der Waals surface area contributed by atoms with Gasteiger partial charge in [-0.15, -0.1) is 0 Å². The molecular formula is C17H21N7O. The summed E-state index contributed by atoms with van der Waals surface area (Å²) in [6, 6.07) is 0.330. The lowest BCUT2D eigenvalue weighted by Crippen LogP contribution is -2.40. The number of hydrogen-bond donors (Lipinski definition) is 2. The van der Waals surface area contributed by atoms with Gasteiger partial charge in [0.15, 0.2) is 0 Å². The maximum atomic E-state index is 12.0. The Bertz CT molecular complexity index is 772. The van der Waals surface area contributed by atoms with Gasteiger partial charge < -0.3 is 15.5 Å². The van der Waals surface area contributed by atoms with E-state index in [4.69, 9.17) is 0 Å². The van der Waals surface area contributed by atoms with Gasteiger partial charge in [0, 0.05) is 43.6 Å². The molecule has 8 heteroatoms. The normalized spacial score (nSPS) is 17.8. The molecule has 4 heterocycles. The zero-order valence-electron chi connectivity index (χ0n) is 14.2. The molecule has 0 unspecified atom stereocenters. The fourth-order valence-corrected chi connectivity index (χ4v) is 3.43. The maximum absolute atomic E-state index is 12.0. The predicted molar refractivity (Wildman–Crippen MR) is 93.7 cm³/mol. The van der Waals surface area contributed by atoms with Crippen LogP contribution in [-0.4, -0.2) is 51.5 Å². The average Bonchev–Trinajstić information content (AvgIpc) is 2.64. The lowest BCUT2D eigenvalue weighted by atomic mass is 10.0. The predicted octanol–water partition coefficient (Wildman–Crippen LogP) is 0.942. The highest BCUT2D eigenvalue weighted by Gasteiger charge is 2.26. The number of aryl methyl sites for hydroxylation is 1. The Hall–Kier alpha value is -2.77. The Morgan fingerprint density at radius 1 is 1.24 bits per heavy atom. The first-order valence-corrected chi connectivity index (χ1v) is 8.64. The molecule has 2 aliphatic rings. The summed E-state index contributed by atoms with van der Waals surface area (Å²) < 4.78 is 0. The van der Waals surface area contributed by atoms with Gasteiger partial charge in [0.1, 0.15) is 23.2 Å². The molecule has 25 heavy (non-hydrogen) atoms. The maximum Gasteiger partial charge on any atom is 0.270 e. The zero-order valence-corrected chi connectivity index (χ0v) is 14.2. The molecule has 0 bridgehead atoms. The summed E-state index contributed by atoms with van der Waals surface area (Å²) in [6.07, 6.45) is 7.95. The van der Waals surface area contributed by atoms with Crippen LogP contribution in [0, 0.1) is 6.92 Å². The van der Waals surface area contributed by atoms with E-state index in [1.807, 2.05) is 6.92 Å². The second-order valence-electron chi connectivity index (χ2n) is 6.42. The second kappa shape index (κ2) is 6.62. The number of aromatic nitrogens is 4. The first-order valence-electron chi connectivity index (χ1n) is 8.64. The van der Waals surface area contributed by atoms with Gasteiger partial charge in [-0.1, -0.05) is 0 Å². The Balaban J connectivity index is 1.46. The van der Waals surface area contributed by atoms with Crippen molar-refractivity contribution in [1.82, 2.24) is 25.3 Å². The Labute approximate surface area is 146 Å². The van der Waals surface area contributed by atoms with Crippen LogP contribution in [0.5, 0.6) is 0 Å². The van der Waals surface area contributed by atoms with Crippen LogP contribution >= 0.6 is 0 Å². The van der Waals surface area contributed by atoms with E-state index in [0.29, 0.717) is 24.1 Å². The van der Waals surface area contributed by atoms with Crippen LogP contribution in [0.15, 0.2) is 18.6 Å². The van der Waals surface area contributed by atoms with Crippen LogP contribution in [0.3, 0.4) is 0 Å². The quantitative estimate of drug-likeness (QED) is 0.859. The first kappa shape index (κ1) is 15.7. The first-order chi connectivity index (χ1) is 12.2. The summed E-state index contributed by atoms with van der Waals surface area (Å²) in [5, 5.41) is 6.39. The van der Waals surface area contributed by atoms with Crippen LogP contribution in [0.1, 0.15) is 34.7 Å². The van der Waals surface area contributed by atoms with E-state index in [-0.39, 0.29) is 5.91 Å². The third-order valence-electron chi connectivity index (χ3n) is 4.70. The van der Waals surface area contributed by atoms with Gasteiger partial charge in [-0.25, -0.2) is 15.0 Å². The van der Waals surface area contributed by atoms with Crippen molar-refractivity contribution in [3.63, 3.8) is 0 Å². The summed E-state index contributed by atoms with van der Waals surface area (Å²) in [7, 11) is 0. The number of nitrogens with zero attached hydrogens (tertiary/aromatic N) is 5. The van der Waals surface area contributed by atoms with Gasteiger partial charge in [-0.3, -0.25) is 9.78 Å². The van der Waals surface area contributed by atoms with Crippen molar-refractivity contribution in [1.29, 1.82) is 0 Å². The van der Waals surface area contributed by atoms with Crippen LogP contribution in [0.25, 0.3) is 0 Å². The molecule has 0 spiro atoms. The van der Waals surface area contributed by atoms with Crippen molar-refractivity contribution < 1.29 is 4.79 Å². The highest BCUT2D eigenvalue weighted by molar-refractivity contribution is 5.96. The minimum atomic E-state index is -0.104. The van der Waals surface area contributed by atoms with E-state index in [9.17, 15) is 4.79 Å². The summed E-state index contributed by atoms with van der Waals surface area (Å²) in [5.74, 6) is 2.26. The third-order valence-corrected chi connectivity index (χ3v) is 4.70. The monoisotopic (exact) mass is 339 g/mol. The van der Waals surface area contributed by atoms with Crippen molar-refractivity contribution >= 4 is 17.5 Å². The fraction of sp³-hybridized carbons (Fsp3) is 0.471. The minimum Gasteiger partial charge on any atom is -0.367 e. The van der Waals surface area contributed by atoms with Gasteiger partial charge in [0.05, 0.1) is 6.20 Å². The lowest BCUT2D eigenvalue weighted by molar-refractivity contribution is 0.0940. The van der Waals surface area contributed by atoms with Gasteiger partial charge >= 0.3 is 0 Å². The van der Waals surface area contributed by atoms with Crippen molar-refractivity contribution in [2.24, 2.45) is 0 Å². The largest absolute Gasteiger partial charge is 0.367 e. The number of anilines is 2. The van der Waals surface area contributed by atoms with Crippen molar-refractivity contribution in [2.45, 2.75) is 32.2 Å². The minimum absolute atomic E-state index is 0.104. The number of carbonyl (C=O) groups excluding carboxylic acids is 1. The number of carbonyl (C=O) groups is 1. The molecule has 4 rings (SSSR count). The van der Waals surface area contributed by atoms with Gasteiger partial charge in [0.2, 0.25) is 0 Å². The van der Waals surface area contributed by atoms with E-state index in [2.05, 4.69) is 35.5 Å². The van der Waals surface area contributed by atoms with Crippen LogP contribution < -0.4 is 15.5 Å². The molecule has 0 aliphatic carbocycles.